The molecule has 0 amide bonds. The van der Waals surface area contributed by atoms with Gasteiger partial charge in [0, 0.05) is 146 Å². The zero-order chi connectivity index (χ0) is 84.1. The lowest BCUT2D eigenvalue weighted by Crippen LogP contribution is -2.30. The average molecular weight is 1710 g/mol. The standard InChI is InChI=1S/C13H16N2S.C12H11F4N3S.C12H12F3N3S.C12H13FN2S.C12H14N2S.C11H11FN2S.C11H12N2S/c1-9-11(13(2,3)4)16-12(15-9)10-6-5-7-14-8-10;1-7-11(19(2)6-12(14,15)16)20-10(18-7)8-3-9(13)5-17-4-8;1-8-11(18(2)7-12(13,14)15)19-10(17-8)9-4-3-5-16-6-9;1-7(2)11-8(3)15-12(16-11)9-4-10(13)6-14-5-9;1-8(2)11-9(3)14-12(15-11)10-5-4-6-13-7-10;1-3-10-7(2)14-11(15-10)8-4-9(12)6-13-5-8;1-3-10-8(2)13-11(14-10)9-5-4-6-12-7-9/h5-8H,1-4H3;3-5H,6H2,1-2H3;3-6H,7H2,1-2H3;4-7H,1-3H3;4-8H,1-3H3;4-6H,3H2,1-2H3;4-7H,3H2,1-2H3. The molecule has 0 aromatic carbocycles. The summed E-state index contributed by atoms with van der Waals surface area (Å²) in [5.41, 5.74) is 12.8. The van der Waals surface area contributed by atoms with Gasteiger partial charge in [-0.05, 0) is 145 Å². The molecule has 0 atom stereocenters. The van der Waals surface area contributed by atoms with E-state index in [-0.39, 0.29) is 17.0 Å². The Balaban J connectivity index is 0.000000168. The number of thiazole rings is 7. The zero-order valence-electron chi connectivity index (χ0n) is 66.8. The number of rotatable bonds is 15. The Morgan fingerprint density at radius 1 is 0.339 bits per heavy atom. The van der Waals surface area contributed by atoms with Crippen LogP contribution in [-0.2, 0) is 18.3 Å². The van der Waals surface area contributed by atoms with Crippen molar-refractivity contribution in [1.29, 1.82) is 0 Å². The number of aromatic nitrogens is 14. The summed E-state index contributed by atoms with van der Waals surface area (Å²) in [5, 5.41) is 6.95. The first-order valence-electron chi connectivity index (χ1n) is 36.2. The van der Waals surface area contributed by atoms with Gasteiger partial charge in [-0.1, -0.05) is 85.0 Å². The van der Waals surface area contributed by atoms with E-state index in [0.29, 0.717) is 48.8 Å². The Bertz CT molecular complexity index is 5340. The van der Waals surface area contributed by atoms with Crippen LogP contribution in [0.4, 0.5) is 49.5 Å². The number of anilines is 2. The number of hydrogen-bond acceptors (Lipinski definition) is 23. The lowest BCUT2D eigenvalue weighted by molar-refractivity contribution is -0.120. The second-order valence-corrected chi connectivity index (χ2v) is 34.8. The molecule has 14 heterocycles. The minimum atomic E-state index is -4.29. The topological polar surface area (TPSA) is 187 Å². The average Bonchev–Trinajstić information content (AvgIpc) is 1.68. The number of alkyl halides is 6. The van der Waals surface area contributed by atoms with Gasteiger partial charge in [0.15, 0.2) is 0 Å². The van der Waals surface area contributed by atoms with Crippen LogP contribution < -0.4 is 9.80 Å². The fraction of sp³-hybridized carbons (Fsp3) is 0.325. The monoisotopic (exact) mass is 1700 g/mol. The molecule has 0 aliphatic carbocycles. The SMILES string of the molecule is CCc1sc(-c2cccnc2)nc1C.CCc1sc(-c2cncc(F)c2)nc1C.Cc1nc(-c2cccnc2)sc1C(C)(C)C.Cc1nc(-c2cccnc2)sc1C(C)C.Cc1nc(-c2cccnc2)sc1N(C)CC(F)(F)F.Cc1nc(-c2cncc(F)c2)sc1C(C)C.Cc1nc(-c2cncc(F)c2)sc1N(C)CC(F)(F)F. The van der Waals surface area contributed by atoms with Crippen LogP contribution in [0.3, 0.4) is 0 Å². The van der Waals surface area contributed by atoms with E-state index in [1.807, 2.05) is 62.8 Å². The minimum absolute atomic E-state index is 0.169. The molecule has 0 fully saturated rings. The van der Waals surface area contributed by atoms with Gasteiger partial charge in [0.2, 0.25) is 0 Å². The van der Waals surface area contributed by atoms with Gasteiger partial charge < -0.3 is 9.80 Å². The molecule has 14 aromatic rings. The van der Waals surface area contributed by atoms with E-state index in [1.165, 1.54) is 91.5 Å². The molecule has 14 rings (SSSR count). The van der Waals surface area contributed by atoms with E-state index in [0.717, 1.165) is 122 Å². The van der Waals surface area contributed by atoms with Crippen molar-refractivity contribution in [3.05, 3.63) is 235 Å². The molecule has 0 spiro atoms. The van der Waals surface area contributed by atoms with Crippen molar-refractivity contribution in [2.45, 2.75) is 153 Å². The van der Waals surface area contributed by atoms with Gasteiger partial charge in [-0.25, -0.2) is 48.1 Å². The highest BCUT2D eigenvalue weighted by Gasteiger charge is 2.32. The maximum absolute atomic E-state index is 13.1. The van der Waals surface area contributed by atoms with Crippen LogP contribution in [0.5, 0.6) is 0 Å². The number of hydrogen-bond donors (Lipinski definition) is 0. The molecule has 0 radical (unpaired) electrons. The number of pyridine rings is 7. The van der Waals surface area contributed by atoms with Crippen molar-refractivity contribution in [3.8, 4) is 74.0 Å². The molecule has 606 valence electrons. The highest BCUT2D eigenvalue weighted by molar-refractivity contribution is 7.19. The Kier molecular flexibility index (Phi) is 33.1. The van der Waals surface area contributed by atoms with E-state index in [9.17, 15) is 39.5 Å². The van der Waals surface area contributed by atoms with E-state index in [4.69, 9.17) is 0 Å². The van der Waals surface area contributed by atoms with Gasteiger partial charge in [-0.15, -0.1) is 56.7 Å². The summed E-state index contributed by atoms with van der Waals surface area (Å²) in [5.74, 6) is -0.156. The van der Waals surface area contributed by atoms with Crippen LogP contribution >= 0.6 is 79.4 Å². The van der Waals surface area contributed by atoms with Crippen LogP contribution in [-0.4, -0.2) is 109 Å². The maximum atomic E-state index is 13.1. The molecule has 0 aliphatic rings. The third-order valence-corrected chi connectivity index (χ3v) is 26.2. The largest absolute Gasteiger partial charge is 0.405 e. The van der Waals surface area contributed by atoms with Crippen LogP contribution in [0.2, 0.25) is 0 Å². The van der Waals surface area contributed by atoms with Crippen molar-refractivity contribution in [2.75, 3.05) is 37.0 Å². The van der Waals surface area contributed by atoms with Crippen molar-refractivity contribution in [1.82, 2.24) is 69.8 Å². The summed E-state index contributed by atoms with van der Waals surface area (Å²) in [7, 11) is 2.77. The van der Waals surface area contributed by atoms with Crippen LogP contribution in [0.15, 0.2) is 153 Å². The number of aryl methyl sites for hydroxylation is 9. The molecule has 32 heteroatoms. The van der Waals surface area contributed by atoms with E-state index >= 15 is 0 Å². The molecule has 0 saturated carbocycles. The van der Waals surface area contributed by atoms with E-state index < -0.39 is 31.3 Å². The first-order valence-corrected chi connectivity index (χ1v) is 41.9. The lowest BCUT2D eigenvalue weighted by Gasteiger charge is -2.19. The van der Waals surface area contributed by atoms with Crippen molar-refractivity contribution in [2.24, 2.45) is 0 Å². The third kappa shape index (κ3) is 27.3. The van der Waals surface area contributed by atoms with Gasteiger partial charge in [0.05, 0.1) is 58.4 Å². The smallest absolute Gasteiger partial charge is 0.356 e. The van der Waals surface area contributed by atoms with E-state index in [1.54, 1.807) is 120 Å². The lowest BCUT2D eigenvalue weighted by atomic mass is 9.93. The Hall–Kier alpha value is -9.57. The summed E-state index contributed by atoms with van der Waals surface area (Å²) in [6, 6.07) is 19.8. The van der Waals surface area contributed by atoms with Gasteiger partial charge in [-0.2, -0.15) is 26.3 Å². The molecule has 0 unspecified atom stereocenters. The molecule has 14 aromatic heterocycles. The van der Waals surface area contributed by atoms with Crippen molar-refractivity contribution < 1.29 is 39.5 Å². The summed E-state index contributed by atoms with van der Waals surface area (Å²) < 4.78 is 113. The summed E-state index contributed by atoms with van der Waals surface area (Å²) in [6.07, 6.45) is 15.9. The molecule has 0 N–H and O–H groups in total. The predicted octanol–water partition coefficient (Wildman–Crippen LogP) is 24.7. The number of nitrogens with zero attached hydrogens (tertiary/aromatic N) is 16. The second kappa shape index (κ2) is 41.8. The fourth-order valence-electron chi connectivity index (χ4n) is 11.1. The maximum Gasteiger partial charge on any atom is 0.405 e. The van der Waals surface area contributed by atoms with Crippen LogP contribution in [0, 0.1) is 65.9 Å². The molecular weight excluding hydrogens is 1620 g/mol. The van der Waals surface area contributed by atoms with Crippen LogP contribution in [0.25, 0.3) is 74.0 Å². The zero-order valence-corrected chi connectivity index (χ0v) is 72.5. The number of halogens is 9. The van der Waals surface area contributed by atoms with Gasteiger partial charge in [0.1, 0.15) is 75.6 Å². The first-order chi connectivity index (χ1) is 54.4. The molecule has 0 bridgehead atoms. The van der Waals surface area contributed by atoms with Crippen molar-refractivity contribution >= 4 is 89.4 Å². The van der Waals surface area contributed by atoms with Crippen molar-refractivity contribution in [3.63, 3.8) is 0 Å². The summed E-state index contributed by atoms with van der Waals surface area (Å²) in [6.45, 7) is 31.1. The van der Waals surface area contributed by atoms with Gasteiger partial charge in [0.25, 0.3) is 0 Å². The molecule has 115 heavy (non-hydrogen) atoms. The minimum Gasteiger partial charge on any atom is -0.356 e. The normalized spacial score (nSPS) is 11.2. The quantitative estimate of drug-likeness (QED) is 0.0881. The summed E-state index contributed by atoms with van der Waals surface area (Å²) >= 11 is 10.8. The molecular formula is C83H89F9N16S7. The molecule has 16 nitrogen and oxygen atoms in total. The highest BCUT2D eigenvalue weighted by atomic mass is 32.1. The Morgan fingerprint density at radius 3 is 0.878 bits per heavy atom. The predicted molar refractivity (Wildman–Crippen MR) is 455 cm³/mol. The Labute approximate surface area is 693 Å². The Morgan fingerprint density at radius 2 is 0.609 bits per heavy atom. The van der Waals surface area contributed by atoms with Crippen LogP contribution in [0.1, 0.15) is 138 Å². The fourth-order valence-corrected chi connectivity index (χ4v) is 18.3. The van der Waals surface area contributed by atoms with Gasteiger partial charge >= 0.3 is 12.4 Å². The first kappa shape index (κ1) is 91.0. The molecule has 0 saturated heterocycles. The van der Waals surface area contributed by atoms with E-state index in [2.05, 4.69) is 165 Å². The summed E-state index contributed by atoms with van der Waals surface area (Å²) in [4.78, 5) is 67.6. The third-order valence-electron chi connectivity index (χ3n) is 16.2. The second-order valence-electron chi connectivity index (χ2n) is 27.6. The van der Waals surface area contributed by atoms with Gasteiger partial charge in [-0.3, -0.25) is 34.9 Å². The molecule has 0 aliphatic heterocycles. The highest BCUT2D eigenvalue weighted by Crippen LogP contribution is 2.40.